The summed E-state index contributed by atoms with van der Waals surface area (Å²) < 4.78 is 0. The van der Waals surface area contributed by atoms with Crippen LogP contribution in [0.1, 0.15) is 18.4 Å². The van der Waals surface area contributed by atoms with Gasteiger partial charge in [-0.05, 0) is 13.3 Å². The van der Waals surface area contributed by atoms with Crippen LogP contribution in [-0.2, 0) is 19.2 Å². The maximum absolute atomic E-state index is 12.3. The van der Waals surface area contributed by atoms with E-state index >= 15 is 0 Å². The smallest absolute Gasteiger partial charge is 0.322 e. The molecule has 0 aliphatic carbocycles. The largest absolute Gasteiger partial charge is 0.480 e. The zero-order chi connectivity index (χ0) is 25.3. The highest BCUT2D eigenvalue weighted by Gasteiger charge is 2.26. The van der Waals surface area contributed by atoms with Gasteiger partial charge in [0.05, 0.1) is 15.9 Å². The lowest BCUT2D eigenvalue weighted by molar-refractivity contribution is -0.394. The van der Waals surface area contributed by atoms with Crippen LogP contribution < -0.4 is 16.4 Å². The van der Waals surface area contributed by atoms with Gasteiger partial charge in [-0.15, -0.1) is 11.8 Å². The van der Waals surface area contributed by atoms with Gasteiger partial charge >= 0.3 is 11.9 Å². The second-order valence-electron chi connectivity index (χ2n) is 6.63. The molecule has 0 saturated carbocycles. The number of carboxylic acid groups (broad SMARTS) is 2. The van der Waals surface area contributed by atoms with Crippen LogP contribution in [0.15, 0.2) is 17.0 Å². The Kier molecular flexibility index (Phi) is 10.2. The molecule has 0 heterocycles. The lowest BCUT2D eigenvalue weighted by atomic mass is 10.1. The summed E-state index contributed by atoms with van der Waals surface area (Å²) in [5.74, 6) is -4.57. The first-order chi connectivity index (χ1) is 15.3. The number of thioether (sulfide) groups is 1. The molecule has 1 aromatic carbocycles. The van der Waals surface area contributed by atoms with E-state index in [-0.39, 0.29) is 29.1 Å². The summed E-state index contributed by atoms with van der Waals surface area (Å²) >= 11 is 0.801. The Bertz CT molecular complexity index is 970. The number of carbonyl (C=O) groups excluding carboxylic acids is 2. The SMILES string of the molecule is Cc1c(SC[C@H](NC(=O)CC[C@H](N)C(=O)O)C(=O)NCC(=O)O)cc([N+](=O)[O-])cc1[N+](=O)[O-]. The summed E-state index contributed by atoms with van der Waals surface area (Å²) in [4.78, 5) is 66.8. The van der Waals surface area contributed by atoms with E-state index in [0.717, 1.165) is 23.9 Å². The van der Waals surface area contributed by atoms with Crippen LogP contribution in [0.25, 0.3) is 0 Å². The van der Waals surface area contributed by atoms with E-state index in [9.17, 15) is 39.4 Å². The Hall–Kier alpha value is -3.79. The number of nitrogens with one attached hydrogen (secondary N) is 2. The van der Waals surface area contributed by atoms with Gasteiger partial charge in [0, 0.05) is 28.7 Å². The van der Waals surface area contributed by atoms with Crippen LogP contribution in [0.4, 0.5) is 11.4 Å². The highest BCUT2D eigenvalue weighted by Crippen LogP contribution is 2.34. The Morgan fingerprint density at radius 1 is 1.15 bits per heavy atom. The van der Waals surface area contributed by atoms with Gasteiger partial charge in [-0.3, -0.25) is 39.4 Å². The number of nitro benzene ring substituents is 2. The molecule has 0 radical (unpaired) electrons. The number of amides is 2. The predicted octanol–water partition coefficient (Wildman–Crippen LogP) is -0.219. The minimum absolute atomic E-state index is 0.0963. The summed E-state index contributed by atoms with van der Waals surface area (Å²) in [5, 5.41) is 44.2. The van der Waals surface area contributed by atoms with Gasteiger partial charge < -0.3 is 26.6 Å². The standard InChI is InChI=1S/C17H21N5O10S/c1-8-12(22(31)32)4-9(21(29)30)5-13(8)33-7-11(16(26)19-6-15(24)25)20-14(23)3-2-10(18)17(27)28/h4-5,10-11H,2-3,6-7,18H2,1H3,(H,19,26)(H,20,23)(H,24,25)(H,27,28)/t10-,11-/m0/s1. The number of rotatable bonds is 13. The van der Waals surface area contributed by atoms with E-state index in [1.165, 1.54) is 6.92 Å². The number of carbonyl (C=O) groups is 4. The fraction of sp³-hybridized carbons (Fsp3) is 0.412. The third kappa shape index (κ3) is 8.69. The van der Waals surface area contributed by atoms with Crippen LogP contribution >= 0.6 is 11.8 Å². The number of nitrogens with zero attached hydrogens (tertiary/aromatic N) is 2. The fourth-order valence-corrected chi connectivity index (χ4v) is 3.53. The molecule has 0 bridgehead atoms. The number of benzene rings is 1. The van der Waals surface area contributed by atoms with E-state index < -0.39 is 63.6 Å². The van der Waals surface area contributed by atoms with Crippen molar-refractivity contribution in [3.63, 3.8) is 0 Å². The molecule has 16 heteroatoms. The maximum atomic E-state index is 12.3. The van der Waals surface area contributed by atoms with Crippen LogP contribution in [0.5, 0.6) is 0 Å². The Balaban J connectivity index is 3.06. The summed E-state index contributed by atoms with van der Waals surface area (Å²) in [6, 6.07) is -0.769. The van der Waals surface area contributed by atoms with E-state index in [1.54, 1.807) is 0 Å². The number of hydrogen-bond acceptors (Lipinski definition) is 10. The van der Waals surface area contributed by atoms with Crippen molar-refractivity contribution in [2.75, 3.05) is 12.3 Å². The van der Waals surface area contributed by atoms with Gasteiger partial charge in [-0.2, -0.15) is 0 Å². The molecule has 6 N–H and O–H groups in total. The summed E-state index contributed by atoms with van der Waals surface area (Å²) in [7, 11) is 0. The van der Waals surface area contributed by atoms with Crippen LogP contribution in [0, 0.1) is 27.2 Å². The van der Waals surface area contributed by atoms with Crippen LogP contribution in [0.2, 0.25) is 0 Å². The van der Waals surface area contributed by atoms with Crippen molar-refractivity contribution in [2.24, 2.45) is 5.73 Å². The second-order valence-corrected chi connectivity index (χ2v) is 7.69. The van der Waals surface area contributed by atoms with E-state index in [4.69, 9.17) is 15.9 Å². The summed E-state index contributed by atoms with van der Waals surface area (Å²) in [5.41, 5.74) is 4.37. The molecular formula is C17H21N5O10S. The molecule has 15 nitrogen and oxygen atoms in total. The van der Waals surface area contributed by atoms with Gasteiger partial charge in [-0.25, -0.2) is 0 Å². The van der Waals surface area contributed by atoms with Gasteiger partial charge in [0.1, 0.15) is 18.6 Å². The van der Waals surface area contributed by atoms with Crippen molar-refractivity contribution < 1.29 is 39.2 Å². The van der Waals surface area contributed by atoms with E-state index in [0.29, 0.717) is 0 Å². The topological polar surface area (TPSA) is 245 Å². The molecule has 1 rings (SSSR count). The average Bonchev–Trinajstić information content (AvgIpc) is 2.73. The number of aliphatic carboxylic acids is 2. The first kappa shape index (κ1) is 27.2. The number of nitrogens with two attached hydrogens (primary N) is 1. The fourth-order valence-electron chi connectivity index (χ4n) is 2.42. The molecule has 0 aliphatic rings. The minimum atomic E-state index is -1.35. The molecule has 2 atom stereocenters. The van der Waals surface area contributed by atoms with Gasteiger partial charge in [0.15, 0.2) is 0 Å². The molecule has 0 saturated heterocycles. The first-order valence-corrected chi connectivity index (χ1v) is 10.2. The summed E-state index contributed by atoms with van der Waals surface area (Å²) in [6.45, 7) is 0.608. The van der Waals surface area contributed by atoms with Crippen molar-refractivity contribution in [2.45, 2.75) is 36.7 Å². The molecule has 33 heavy (non-hydrogen) atoms. The Morgan fingerprint density at radius 3 is 2.30 bits per heavy atom. The van der Waals surface area contributed by atoms with Crippen LogP contribution in [0.3, 0.4) is 0 Å². The minimum Gasteiger partial charge on any atom is -0.480 e. The highest BCUT2D eigenvalue weighted by molar-refractivity contribution is 7.99. The molecule has 1 aromatic rings. The van der Waals surface area contributed by atoms with Crippen molar-refractivity contribution >= 4 is 46.9 Å². The van der Waals surface area contributed by atoms with Gasteiger partial charge in [0.25, 0.3) is 11.4 Å². The normalized spacial score (nSPS) is 12.3. The molecule has 0 unspecified atom stereocenters. The van der Waals surface area contributed by atoms with Crippen molar-refractivity contribution in [1.29, 1.82) is 0 Å². The number of nitro groups is 2. The first-order valence-electron chi connectivity index (χ1n) is 9.17. The third-order valence-electron chi connectivity index (χ3n) is 4.20. The van der Waals surface area contributed by atoms with Crippen molar-refractivity contribution in [1.82, 2.24) is 10.6 Å². The van der Waals surface area contributed by atoms with Crippen molar-refractivity contribution in [3.05, 3.63) is 37.9 Å². The molecule has 2 amide bonds. The average molecular weight is 487 g/mol. The quantitative estimate of drug-likeness (QED) is 0.138. The second kappa shape index (κ2) is 12.3. The molecule has 0 aliphatic heterocycles. The van der Waals surface area contributed by atoms with E-state index in [2.05, 4.69) is 10.6 Å². The number of non-ortho nitro benzene ring substituents is 1. The molecule has 180 valence electrons. The Morgan fingerprint density at radius 2 is 1.79 bits per heavy atom. The van der Waals surface area contributed by atoms with Gasteiger partial charge in [0.2, 0.25) is 11.8 Å². The third-order valence-corrected chi connectivity index (χ3v) is 5.43. The lowest BCUT2D eigenvalue weighted by Gasteiger charge is -2.18. The number of carboxylic acids is 2. The zero-order valence-corrected chi connectivity index (χ0v) is 18.0. The monoisotopic (exact) mass is 487 g/mol. The maximum Gasteiger partial charge on any atom is 0.322 e. The Labute approximate surface area is 190 Å². The lowest BCUT2D eigenvalue weighted by Crippen LogP contribution is -2.49. The summed E-state index contributed by atoms with van der Waals surface area (Å²) in [6.07, 6.45) is -0.573. The molecule has 0 fully saturated rings. The van der Waals surface area contributed by atoms with Crippen LogP contribution in [-0.4, -0.2) is 68.2 Å². The predicted molar refractivity (Wildman–Crippen MR) is 113 cm³/mol. The highest BCUT2D eigenvalue weighted by atomic mass is 32.2. The molecular weight excluding hydrogens is 466 g/mol. The van der Waals surface area contributed by atoms with Gasteiger partial charge in [-0.1, -0.05) is 0 Å². The zero-order valence-electron chi connectivity index (χ0n) is 17.2. The van der Waals surface area contributed by atoms with Crippen molar-refractivity contribution in [3.8, 4) is 0 Å². The van der Waals surface area contributed by atoms with E-state index in [1.807, 2.05) is 0 Å². The molecule has 0 aromatic heterocycles. The molecule has 0 spiro atoms. The number of hydrogen-bond donors (Lipinski definition) is 5.